The molecule has 1 amide bonds. The van der Waals surface area contributed by atoms with E-state index in [2.05, 4.69) is 10.3 Å². The van der Waals surface area contributed by atoms with Gasteiger partial charge in [0.15, 0.2) is 11.4 Å². The van der Waals surface area contributed by atoms with Gasteiger partial charge in [0, 0.05) is 5.69 Å². The van der Waals surface area contributed by atoms with E-state index in [4.69, 9.17) is 14.2 Å². The Morgan fingerprint density at radius 3 is 2.55 bits per heavy atom. The molecule has 0 saturated carbocycles. The third kappa shape index (κ3) is 6.18. The van der Waals surface area contributed by atoms with E-state index in [9.17, 15) is 14.4 Å². The van der Waals surface area contributed by atoms with Crippen LogP contribution in [0.15, 0.2) is 99.9 Å². The van der Waals surface area contributed by atoms with Gasteiger partial charge in [-0.2, -0.15) is 0 Å². The first-order valence-electron chi connectivity index (χ1n) is 13.3. The number of methoxy groups -OCH3 is 1. The van der Waals surface area contributed by atoms with Crippen molar-refractivity contribution < 1.29 is 23.8 Å². The Bertz CT molecular complexity index is 1840. The lowest BCUT2D eigenvalue weighted by Crippen LogP contribution is -2.40. The summed E-state index contributed by atoms with van der Waals surface area (Å²) in [6.07, 6.45) is 1.74. The molecule has 42 heavy (non-hydrogen) atoms. The fourth-order valence-electron chi connectivity index (χ4n) is 4.65. The summed E-state index contributed by atoms with van der Waals surface area (Å²) in [5, 5.41) is 2.95. The number of hydrogen-bond donors (Lipinski definition) is 1. The van der Waals surface area contributed by atoms with Crippen LogP contribution in [-0.2, 0) is 14.3 Å². The Labute approximate surface area is 246 Å². The summed E-state index contributed by atoms with van der Waals surface area (Å²) in [7, 11) is 1.57. The summed E-state index contributed by atoms with van der Waals surface area (Å²) in [6, 6.07) is 22.8. The minimum atomic E-state index is -0.735. The lowest BCUT2D eigenvalue weighted by molar-refractivity contribution is -0.145. The molecule has 4 aromatic rings. The van der Waals surface area contributed by atoms with Gasteiger partial charge in [-0.25, -0.2) is 9.79 Å². The number of nitrogens with zero attached hydrogens (tertiary/aromatic N) is 2. The first-order valence-corrected chi connectivity index (χ1v) is 14.1. The number of allylic oxidation sites excluding steroid dienone is 1. The van der Waals surface area contributed by atoms with Gasteiger partial charge in [-0.1, -0.05) is 53.8 Å². The topological polar surface area (TPSA) is 108 Å². The summed E-state index contributed by atoms with van der Waals surface area (Å²) in [5.74, 6) is 0.258. The molecule has 0 aliphatic carbocycles. The fourth-order valence-corrected chi connectivity index (χ4v) is 5.70. The van der Waals surface area contributed by atoms with E-state index in [0.717, 1.165) is 0 Å². The summed E-state index contributed by atoms with van der Waals surface area (Å²) >= 11 is 1.23. The Morgan fingerprint density at radius 1 is 1.02 bits per heavy atom. The smallest absolute Gasteiger partial charge is 0.344 e. The number of carbonyl (C=O) groups excluding carboxylic acids is 2. The Morgan fingerprint density at radius 2 is 1.79 bits per heavy atom. The third-order valence-corrected chi connectivity index (χ3v) is 7.51. The van der Waals surface area contributed by atoms with Crippen molar-refractivity contribution in [3.8, 4) is 11.5 Å². The first kappa shape index (κ1) is 28.6. The molecule has 10 heteroatoms. The highest BCUT2D eigenvalue weighted by Gasteiger charge is 2.32. The zero-order valence-electron chi connectivity index (χ0n) is 23.3. The van der Waals surface area contributed by atoms with E-state index < -0.39 is 12.0 Å². The molecule has 1 atom stereocenters. The van der Waals surface area contributed by atoms with Crippen molar-refractivity contribution in [2.24, 2.45) is 4.99 Å². The van der Waals surface area contributed by atoms with Crippen molar-refractivity contribution in [1.29, 1.82) is 0 Å². The van der Waals surface area contributed by atoms with Crippen molar-refractivity contribution in [3.63, 3.8) is 0 Å². The molecule has 0 saturated heterocycles. The Kier molecular flexibility index (Phi) is 8.63. The lowest BCUT2D eigenvalue weighted by atomic mass is 9.95. The number of rotatable bonds is 9. The number of nitrogens with one attached hydrogen (secondary N) is 1. The SMILES string of the molecule is CCOC(=O)COc1cccc(/C=c2\sc3n(c2=O)[C@H](c2cccc(OC)c2)C(C(=O)Nc2ccccc2)=C(C)N=3)c1. The number of hydrogen-bond acceptors (Lipinski definition) is 8. The number of anilines is 1. The molecule has 3 aromatic carbocycles. The maximum absolute atomic E-state index is 14.0. The van der Waals surface area contributed by atoms with Gasteiger partial charge >= 0.3 is 5.97 Å². The molecule has 1 N–H and O–H groups in total. The van der Waals surface area contributed by atoms with Crippen molar-refractivity contribution in [3.05, 3.63) is 121 Å². The van der Waals surface area contributed by atoms with Crippen LogP contribution in [0.4, 0.5) is 5.69 Å². The standard InChI is InChI=1S/C32H29N3O6S/c1-4-40-27(36)19-41-25-15-8-10-21(16-25)17-26-31(38)35-29(22-11-9-14-24(18-22)39-3)28(20(2)33-32(35)42-26)30(37)34-23-12-6-5-7-13-23/h5-18,29H,4,19H2,1-3H3,(H,34,37)/b26-17-/t29-/m1/s1. The molecule has 2 heterocycles. The second-order valence-corrected chi connectivity index (χ2v) is 10.4. The van der Waals surface area contributed by atoms with Crippen LogP contribution in [0.3, 0.4) is 0 Å². The highest BCUT2D eigenvalue weighted by atomic mass is 32.1. The van der Waals surface area contributed by atoms with E-state index in [1.54, 1.807) is 61.9 Å². The lowest BCUT2D eigenvalue weighted by Gasteiger charge is -2.25. The molecular weight excluding hydrogens is 554 g/mol. The van der Waals surface area contributed by atoms with Gasteiger partial charge in [-0.05, 0) is 67.4 Å². The zero-order chi connectivity index (χ0) is 29.6. The van der Waals surface area contributed by atoms with Crippen LogP contribution in [-0.4, -0.2) is 36.8 Å². The van der Waals surface area contributed by atoms with Crippen LogP contribution >= 0.6 is 11.3 Å². The number of aromatic nitrogens is 1. The average Bonchev–Trinajstić information content (AvgIpc) is 3.30. The molecule has 0 radical (unpaired) electrons. The summed E-state index contributed by atoms with van der Waals surface area (Å²) in [6.45, 7) is 3.56. The molecule has 5 rings (SSSR count). The van der Waals surface area contributed by atoms with Crippen molar-refractivity contribution in [2.75, 3.05) is 25.6 Å². The van der Waals surface area contributed by atoms with Crippen LogP contribution in [0.1, 0.15) is 31.0 Å². The number of ether oxygens (including phenoxy) is 3. The maximum atomic E-state index is 14.0. The molecule has 9 nitrogen and oxygen atoms in total. The average molecular weight is 584 g/mol. The monoisotopic (exact) mass is 583 g/mol. The number of carbonyl (C=O) groups is 2. The number of esters is 1. The van der Waals surface area contributed by atoms with E-state index in [-0.39, 0.29) is 24.7 Å². The summed E-state index contributed by atoms with van der Waals surface area (Å²) in [4.78, 5) is 44.5. The summed E-state index contributed by atoms with van der Waals surface area (Å²) < 4.78 is 17.9. The van der Waals surface area contributed by atoms with E-state index in [1.165, 1.54) is 11.3 Å². The maximum Gasteiger partial charge on any atom is 0.344 e. The van der Waals surface area contributed by atoms with Crippen LogP contribution in [0, 0.1) is 0 Å². The van der Waals surface area contributed by atoms with E-state index in [1.807, 2.05) is 48.5 Å². The fraction of sp³-hybridized carbons (Fsp3) is 0.188. The third-order valence-electron chi connectivity index (χ3n) is 6.53. The molecule has 0 fully saturated rings. The van der Waals surface area contributed by atoms with Crippen molar-refractivity contribution >= 4 is 35.0 Å². The van der Waals surface area contributed by atoms with Gasteiger partial charge in [-0.15, -0.1) is 0 Å². The molecule has 1 aliphatic heterocycles. The number of benzene rings is 3. The van der Waals surface area contributed by atoms with E-state index >= 15 is 0 Å². The van der Waals surface area contributed by atoms with Crippen LogP contribution in [0.5, 0.6) is 11.5 Å². The predicted octanol–water partition coefficient (Wildman–Crippen LogP) is 3.82. The number of fused-ring (bicyclic) bond motifs is 1. The van der Waals surface area contributed by atoms with Gasteiger partial charge in [0.25, 0.3) is 11.5 Å². The normalized spacial score (nSPS) is 14.5. The minimum absolute atomic E-state index is 0.215. The summed E-state index contributed by atoms with van der Waals surface area (Å²) in [5.41, 5.74) is 2.64. The second kappa shape index (κ2) is 12.7. The molecule has 0 bridgehead atoms. The van der Waals surface area contributed by atoms with Crippen LogP contribution in [0.2, 0.25) is 0 Å². The second-order valence-electron chi connectivity index (χ2n) is 9.34. The van der Waals surface area contributed by atoms with Gasteiger partial charge in [-0.3, -0.25) is 14.2 Å². The van der Waals surface area contributed by atoms with Gasteiger partial charge < -0.3 is 19.5 Å². The molecule has 0 spiro atoms. The quantitative estimate of drug-likeness (QED) is 0.300. The highest BCUT2D eigenvalue weighted by Crippen LogP contribution is 2.32. The first-order chi connectivity index (χ1) is 20.4. The Balaban J connectivity index is 1.57. The van der Waals surface area contributed by atoms with Crippen molar-refractivity contribution in [1.82, 2.24) is 4.57 Å². The van der Waals surface area contributed by atoms with Crippen molar-refractivity contribution in [2.45, 2.75) is 19.9 Å². The van der Waals surface area contributed by atoms with Gasteiger partial charge in [0.1, 0.15) is 11.5 Å². The molecule has 1 aromatic heterocycles. The van der Waals surface area contributed by atoms with Gasteiger partial charge in [0.2, 0.25) is 0 Å². The number of amides is 1. The zero-order valence-corrected chi connectivity index (χ0v) is 24.1. The molecule has 1 aliphatic rings. The molecule has 214 valence electrons. The van der Waals surface area contributed by atoms with Crippen LogP contribution in [0.25, 0.3) is 6.08 Å². The number of para-hydroxylation sites is 1. The van der Waals surface area contributed by atoms with E-state index in [0.29, 0.717) is 48.9 Å². The minimum Gasteiger partial charge on any atom is -0.497 e. The highest BCUT2D eigenvalue weighted by molar-refractivity contribution is 7.07. The van der Waals surface area contributed by atoms with Gasteiger partial charge in [0.05, 0.1) is 35.6 Å². The predicted molar refractivity (Wildman–Crippen MR) is 160 cm³/mol. The number of thiazole rings is 1. The van der Waals surface area contributed by atoms with Crippen LogP contribution < -0.4 is 29.7 Å². The molecule has 0 unspecified atom stereocenters. The largest absolute Gasteiger partial charge is 0.497 e. The Hall–Kier alpha value is -4.96. The molecular formula is C32H29N3O6S.